The van der Waals surface area contributed by atoms with Gasteiger partial charge in [0.15, 0.2) is 0 Å². The van der Waals surface area contributed by atoms with E-state index in [1.807, 2.05) is 11.3 Å². The van der Waals surface area contributed by atoms with Gasteiger partial charge in [-0.3, -0.25) is 0 Å². The van der Waals surface area contributed by atoms with E-state index >= 15 is 0 Å². The Labute approximate surface area is 234 Å². The Morgan fingerprint density at radius 1 is 0.525 bits per heavy atom. The van der Waals surface area contributed by atoms with E-state index in [1.54, 1.807) is 0 Å². The molecular formula is C36H19BN2S. The molecule has 182 valence electrons. The first-order valence-corrected chi connectivity index (χ1v) is 14.7. The number of aromatic nitrogens is 1. The standard InChI is InChI=1S/C36H19BN2S/c1-2-9-20(10-3-1)38-28-16-7-12-22-24-14-6-15-25-31-35-26(19-27-21-11-4-5-18-30(21)40-36(27)31)23-13-8-17-29(38)33(23)37(32(22)28)39(35)34(24)25/h1-19H. The smallest absolute Gasteiger partial charge is 0.333 e. The van der Waals surface area contributed by atoms with E-state index in [-0.39, 0.29) is 6.85 Å². The van der Waals surface area contributed by atoms with Crippen molar-refractivity contribution in [3.63, 3.8) is 0 Å². The van der Waals surface area contributed by atoms with Gasteiger partial charge in [0, 0.05) is 70.2 Å². The highest BCUT2D eigenvalue weighted by atomic mass is 32.1. The zero-order chi connectivity index (χ0) is 25.7. The van der Waals surface area contributed by atoms with Crippen molar-refractivity contribution in [2.75, 3.05) is 4.90 Å². The molecule has 0 radical (unpaired) electrons. The third-order valence-corrected chi connectivity index (χ3v) is 10.7. The number of nitrogens with zero attached hydrogens (tertiary/aromatic N) is 2. The topological polar surface area (TPSA) is 8.17 Å². The first-order chi connectivity index (χ1) is 19.9. The summed E-state index contributed by atoms with van der Waals surface area (Å²) < 4.78 is 5.48. The third kappa shape index (κ3) is 2.10. The molecule has 5 heterocycles. The minimum absolute atomic E-state index is 0.159. The molecule has 3 aliphatic rings. The van der Waals surface area contributed by atoms with Crippen LogP contribution in [-0.4, -0.2) is 11.3 Å². The summed E-state index contributed by atoms with van der Waals surface area (Å²) in [5.41, 5.74) is 14.8. The first kappa shape index (κ1) is 20.2. The maximum Gasteiger partial charge on any atom is 0.333 e. The predicted octanol–water partition coefficient (Wildman–Crippen LogP) is 8.56. The van der Waals surface area contributed by atoms with Crippen LogP contribution in [0.2, 0.25) is 0 Å². The van der Waals surface area contributed by atoms with Crippen LogP contribution in [0, 0.1) is 0 Å². The fraction of sp³-hybridized carbons (Fsp3) is 0. The molecule has 0 unspecified atom stereocenters. The third-order valence-electron chi connectivity index (χ3n) is 9.48. The Morgan fingerprint density at radius 3 is 2.02 bits per heavy atom. The first-order valence-electron chi connectivity index (χ1n) is 13.9. The number of para-hydroxylation sites is 2. The summed E-state index contributed by atoms with van der Waals surface area (Å²) in [4.78, 5) is 2.49. The average Bonchev–Trinajstić information content (AvgIpc) is 3.56. The number of anilines is 3. The minimum Gasteiger partial charge on any atom is -0.375 e. The number of benzene rings is 6. The summed E-state index contributed by atoms with van der Waals surface area (Å²) in [6.45, 7) is 0.159. The van der Waals surface area contributed by atoms with Crippen LogP contribution in [0.5, 0.6) is 0 Å². The molecule has 0 atom stereocenters. The number of thiophene rings is 1. The molecule has 3 aliphatic heterocycles. The van der Waals surface area contributed by atoms with E-state index in [4.69, 9.17) is 0 Å². The Morgan fingerprint density at radius 2 is 1.20 bits per heavy atom. The molecule has 6 aromatic carbocycles. The Hall–Kier alpha value is -4.80. The summed E-state index contributed by atoms with van der Waals surface area (Å²) in [7, 11) is 0. The molecule has 2 aromatic heterocycles. The maximum atomic E-state index is 2.71. The van der Waals surface area contributed by atoms with Gasteiger partial charge in [0.1, 0.15) is 0 Å². The molecule has 0 saturated heterocycles. The van der Waals surface area contributed by atoms with Crippen LogP contribution in [0.4, 0.5) is 17.1 Å². The van der Waals surface area contributed by atoms with Crippen LogP contribution in [0.1, 0.15) is 0 Å². The zero-order valence-corrected chi connectivity index (χ0v) is 22.2. The number of hydrogen-bond donors (Lipinski definition) is 0. The lowest BCUT2D eigenvalue weighted by Crippen LogP contribution is -2.58. The van der Waals surface area contributed by atoms with E-state index in [1.165, 1.54) is 92.2 Å². The van der Waals surface area contributed by atoms with Gasteiger partial charge >= 0.3 is 6.85 Å². The van der Waals surface area contributed by atoms with Crippen molar-refractivity contribution in [1.82, 2.24) is 4.48 Å². The van der Waals surface area contributed by atoms with Crippen molar-refractivity contribution in [3.8, 4) is 22.3 Å². The summed E-state index contributed by atoms with van der Waals surface area (Å²) in [6, 6.07) is 43.1. The Bertz CT molecular complexity index is 2450. The zero-order valence-electron chi connectivity index (χ0n) is 21.3. The molecule has 0 bridgehead atoms. The molecule has 0 spiro atoms. The van der Waals surface area contributed by atoms with Crippen LogP contribution in [-0.2, 0) is 0 Å². The second kappa shape index (κ2) is 6.67. The molecule has 0 amide bonds. The normalized spacial score (nSPS) is 13.9. The van der Waals surface area contributed by atoms with Crippen LogP contribution >= 0.6 is 11.3 Å². The second-order valence-corrected chi connectivity index (χ2v) is 12.3. The van der Waals surface area contributed by atoms with E-state index in [9.17, 15) is 0 Å². The highest BCUT2D eigenvalue weighted by Crippen LogP contribution is 2.53. The lowest BCUT2D eigenvalue weighted by atomic mass is 9.43. The van der Waals surface area contributed by atoms with Gasteiger partial charge < -0.3 is 9.38 Å². The molecule has 0 fully saturated rings. The molecule has 4 heteroatoms. The van der Waals surface area contributed by atoms with Crippen molar-refractivity contribution in [3.05, 3.63) is 115 Å². The van der Waals surface area contributed by atoms with Crippen molar-refractivity contribution < 1.29 is 0 Å². The van der Waals surface area contributed by atoms with E-state index in [0.717, 1.165) is 0 Å². The molecule has 2 nitrogen and oxygen atoms in total. The Kier molecular flexibility index (Phi) is 3.36. The average molecular weight is 522 g/mol. The molecule has 40 heavy (non-hydrogen) atoms. The van der Waals surface area contributed by atoms with Crippen LogP contribution in [0.15, 0.2) is 115 Å². The molecule has 0 aliphatic carbocycles. The van der Waals surface area contributed by atoms with Gasteiger partial charge in [-0.05, 0) is 58.5 Å². The molecular weight excluding hydrogens is 503 g/mol. The fourth-order valence-corrected chi connectivity index (χ4v) is 9.32. The highest BCUT2D eigenvalue weighted by molar-refractivity contribution is 7.26. The van der Waals surface area contributed by atoms with Gasteiger partial charge in [0.25, 0.3) is 0 Å². The monoisotopic (exact) mass is 522 g/mol. The number of fused-ring (bicyclic) bond motifs is 7. The predicted molar refractivity (Wildman–Crippen MR) is 172 cm³/mol. The summed E-state index contributed by atoms with van der Waals surface area (Å²) in [5, 5.41) is 5.52. The van der Waals surface area contributed by atoms with Crippen molar-refractivity contribution >= 4 is 88.2 Å². The fourth-order valence-electron chi connectivity index (χ4n) is 8.07. The summed E-state index contributed by atoms with van der Waals surface area (Å²) >= 11 is 1.95. The SMILES string of the molecule is c1ccc(N2c3cccc4c3B3c5c(cccc52)-c2cc5c6ccccc6sc5c5c6cccc-4c6n3c25)cc1. The lowest BCUT2D eigenvalue weighted by Gasteiger charge is -2.43. The minimum atomic E-state index is 0.159. The lowest BCUT2D eigenvalue weighted by molar-refractivity contribution is 1.25. The highest BCUT2D eigenvalue weighted by Gasteiger charge is 2.46. The van der Waals surface area contributed by atoms with Gasteiger partial charge in [0.2, 0.25) is 0 Å². The van der Waals surface area contributed by atoms with Crippen LogP contribution < -0.4 is 15.8 Å². The van der Waals surface area contributed by atoms with Gasteiger partial charge in [-0.1, -0.05) is 78.9 Å². The van der Waals surface area contributed by atoms with Gasteiger partial charge in [-0.25, -0.2) is 0 Å². The van der Waals surface area contributed by atoms with Crippen molar-refractivity contribution in [1.29, 1.82) is 0 Å². The largest absolute Gasteiger partial charge is 0.375 e. The van der Waals surface area contributed by atoms with Gasteiger partial charge in [-0.2, -0.15) is 0 Å². The molecule has 0 N–H and O–H groups in total. The number of hydrogen-bond acceptors (Lipinski definition) is 2. The number of rotatable bonds is 1. The summed E-state index contributed by atoms with van der Waals surface area (Å²) in [5.74, 6) is 0. The van der Waals surface area contributed by atoms with Crippen LogP contribution in [0.3, 0.4) is 0 Å². The second-order valence-electron chi connectivity index (χ2n) is 11.2. The van der Waals surface area contributed by atoms with E-state index in [2.05, 4.69) is 125 Å². The molecule has 0 saturated carbocycles. The maximum absolute atomic E-state index is 2.71. The van der Waals surface area contributed by atoms with Crippen molar-refractivity contribution in [2.24, 2.45) is 0 Å². The summed E-state index contributed by atoms with van der Waals surface area (Å²) in [6.07, 6.45) is 0. The molecule has 11 rings (SSSR count). The van der Waals surface area contributed by atoms with Crippen LogP contribution in [0.25, 0.3) is 64.2 Å². The van der Waals surface area contributed by atoms with Crippen molar-refractivity contribution in [2.45, 2.75) is 0 Å². The van der Waals surface area contributed by atoms with E-state index < -0.39 is 0 Å². The Balaban J connectivity index is 1.44. The van der Waals surface area contributed by atoms with Gasteiger partial charge in [0.05, 0.1) is 0 Å². The molecule has 8 aromatic rings. The van der Waals surface area contributed by atoms with Gasteiger partial charge in [-0.15, -0.1) is 11.3 Å². The quantitative estimate of drug-likeness (QED) is 0.196. The van der Waals surface area contributed by atoms with E-state index in [0.29, 0.717) is 0 Å².